The van der Waals surface area contributed by atoms with Crippen LogP contribution in [-0.4, -0.2) is 43.5 Å². The van der Waals surface area contributed by atoms with Crippen LogP contribution in [0, 0.1) is 0 Å². The van der Waals surface area contributed by atoms with E-state index in [4.69, 9.17) is 45.3 Å². The first kappa shape index (κ1) is 59.1. The van der Waals surface area contributed by atoms with Crippen LogP contribution in [0.4, 0.5) is 0 Å². The Labute approximate surface area is 281 Å². The number of rotatable bonds is 9. The molecule has 0 spiro atoms. The summed E-state index contributed by atoms with van der Waals surface area (Å²) in [6, 6.07) is 0. The predicted molar refractivity (Wildman–Crippen MR) is 98.0 cm³/mol. The third-order valence-corrected chi connectivity index (χ3v) is 2.03. The van der Waals surface area contributed by atoms with Crippen LogP contribution >= 0.6 is 0 Å². The Balaban J connectivity index is -0.0000000322. The number of aliphatic carboxylic acids is 4. The minimum Gasteiger partial charge on any atom is -0.550 e. The van der Waals surface area contributed by atoms with Crippen LogP contribution in [0.2, 0.25) is 0 Å². The molecule has 0 aromatic heterocycles. The summed E-state index contributed by atoms with van der Waals surface area (Å²) < 4.78 is 0. The molecule has 3 N–H and O–H groups in total. The van der Waals surface area contributed by atoms with E-state index in [9.17, 15) is 0 Å². The molecule has 0 bridgehead atoms. The van der Waals surface area contributed by atoms with E-state index in [0.717, 1.165) is 47.3 Å². The smallest absolute Gasteiger partial charge is 0.550 e. The van der Waals surface area contributed by atoms with Crippen molar-refractivity contribution in [2.45, 2.75) is 73.1 Å². The van der Waals surface area contributed by atoms with Crippen molar-refractivity contribution in [3.63, 3.8) is 0 Å². The van der Waals surface area contributed by atoms with Crippen molar-refractivity contribution < 1.29 is 158 Å². The van der Waals surface area contributed by atoms with Crippen molar-refractivity contribution in [3.8, 4) is 0 Å². The molecule has 0 rings (SSSR count). The molecule has 0 heterocycles. The van der Waals surface area contributed by atoms with Crippen molar-refractivity contribution >= 4 is 23.9 Å². The summed E-state index contributed by atoms with van der Waals surface area (Å²) in [6.07, 6.45) is 8.23. The summed E-state index contributed by atoms with van der Waals surface area (Å²) in [4.78, 5) is 35.6. The van der Waals surface area contributed by atoms with Gasteiger partial charge in [-0.1, -0.05) is 39.0 Å². The van der Waals surface area contributed by atoms with E-state index in [1.54, 1.807) is 0 Å². The van der Waals surface area contributed by atoms with Gasteiger partial charge >= 0.3 is 118 Å². The van der Waals surface area contributed by atoms with Crippen LogP contribution in [0.5, 0.6) is 0 Å². The Hall–Kier alpha value is 1.80. The Kier molecular flexibility index (Phi) is 108. The minimum absolute atomic E-state index is 0. The summed E-state index contributed by atoms with van der Waals surface area (Å²) in [7, 11) is 0. The van der Waals surface area contributed by atoms with Crippen molar-refractivity contribution in [1.29, 1.82) is 0 Å². The number of unbranched alkanes of at least 4 members (excludes halogenated alkanes) is 5. The van der Waals surface area contributed by atoms with Crippen molar-refractivity contribution in [1.82, 2.24) is 5.32 Å². The summed E-state index contributed by atoms with van der Waals surface area (Å²) >= 11 is 0. The zero-order valence-corrected chi connectivity index (χ0v) is 29.7. The molecule has 0 aromatic carbocycles. The third kappa shape index (κ3) is 259. The van der Waals surface area contributed by atoms with Crippen LogP contribution in [0.1, 0.15) is 73.1 Å². The second-order valence-corrected chi connectivity index (χ2v) is 5.27. The van der Waals surface area contributed by atoms with E-state index < -0.39 is 23.9 Å². The van der Waals surface area contributed by atoms with Crippen LogP contribution in [0.3, 0.4) is 0 Å². The molecule has 0 aliphatic rings. The maximum atomic E-state index is 8.89. The second kappa shape index (κ2) is 58.6. The van der Waals surface area contributed by atoms with Gasteiger partial charge in [-0.3, -0.25) is 0 Å². The minimum atomic E-state index is -1.08. The van der Waals surface area contributed by atoms with Crippen LogP contribution in [0.15, 0.2) is 0 Å². The first-order valence-corrected chi connectivity index (χ1v) is 8.96. The molecule has 170 valence electrons. The zero-order chi connectivity index (χ0) is 23.4. The van der Waals surface area contributed by atoms with E-state index in [1.807, 2.05) is 0 Å². The maximum absolute atomic E-state index is 8.89. The Morgan fingerprint density at radius 3 is 1.09 bits per heavy atom. The summed E-state index contributed by atoms with van der Waals surface area (Å²) in [5.41, 5.74) is 5.35. The molecule has 32 heavy (non-hydrogen) atoms. The molecule has 0 aromatic rings. The van der Waals surface area contributed by atoms with Gasteiger partial charge in [-0.25, -0.2) is 0 Å². The number of carbonyl (C=O) groups excluding carboxylic acids is 4. The topological polar surface area (TPSA) is 199 Å². The van der Waals surface area contributed by atoms with E-state index in [1.165, 1.54) is 38.5 Å². The van der Waals surface area contributed by atoms with Crippen molar-refractivity contribution in [2.75, 3.05) is 19.6 Å². The molecule has 0 aliphatic heterocycles. The molecule has 10 nitrogen and oxygen atoms in total. The van der Waals surface area contributed by atoms with Gasteiger partial charge in [0.15, 0.2) is 0 Å². The molecule has 0 saturated carbocycles. The molecule has 0 aliphatic carbocycles. The summed E-state index contributed by atoms with van der Waals surface area (Å²) in [6.45, 7) is 9.01. The fourth-order valence-electron chi connectivity index (χ4n) is 1.26. The number of carboxylic acids is 4. The average molecular weight is 500 g/mol. The van der Waals surface area contributed by atoms with E-state index >= 15 is 0 Å². The molecule has 0 amide bonds. The summed E-state index contributed by atoms with van der Waals surface area (Å²) in [5.74, 6) is -4.33. The molecular weight excluding hydrogens is 464 g/mol. The average Bonchev–Trinajstić information content (AvgIpc) is 2.48. The quantitative estimate of drug-likeness (QED) is 0.226. The SMILES string of the molecule is CC(=O)[O-].CC(=O)[O-].CC(=O)[O-].CC(=O)[O-].CCCCCCCCNCCN.[Na+].[Na+].[Na+].[Na+]. The van der Waals surface area contributed by atoms with Gasteiger partial charge in [-0.05, 0) is 40.7 Å². The molecule has 0 unspecified atom stereocenters. The fourth-order valence-corrected chi connectivity index (χ4v) is 1.26. The summed E-state index contributed by atoms with van der Waals surface area (Å²) in [5, 5.41) is 38.9. The number of hydrogen-bond acceptors (Lipinski definition) is 10. The van der Waals surface area contributed by atoms with Gasteiger partial charge in [-0.2, -0.15) is 0 Å². The first-order valence-electron chi connectivity index (χ1n) is 8.96. The maximum Gasteiger partial charge on any atom is 1.00 e. The van der Waals surface area contributed by atoms with Crippen molar-refractivity contribution in [2.24, 2.45) is 5.73 Å². The first-order chi connectivity index (χ1) is 12.8. The molecule has 14 heteroatoms. The van der Waals surface area contributed by atoms with Crippen LogP contribution in [0.25, 0.3) is 0 Å². The second-order valence-electron chi connectivity index (χ2n) is 5.27. The van der Waals surface area contributed by atoms with Crippen LogP contribution < -0.4 is 150 Å². The predicted octanol–water partition coefficient (Wildman–Crippen LogP) is -15.1. The third-order valence-electron chi connectivity index (χ3n) is 2.03. The van der Waals surface area contributed by atoms with Gasteiger partial charge in [0.25, 0.3) is 0 Å². The molecule has 0 fully saturated rings. The fraction of sp³-hybridized carbons (Fsp3) is 0.778. The number of carboxylic acid groups (broad SMARTS) is 4. The Morgan fingerprint density at radius 1 is 0.594 bits per heavy atom. The van der Waals surface area contributed by atoms with Gasteiger partial charge in [-0.15, -0.1) is 0 Å². The van der Waals surface area contributed by atoms with E-state index in [0.29, 0.717) is 0 Å². The molecule has 0 radical (unpaired) electrons. The van der Waals surface area contributed by atoms with Gasteiger partial charge in [0, 0.05) is 37.0 Å². The Bertz CT molecular complexity index is 307. The zero-order valence-electron chi connectivity index (χ0n) is 21.7. The monoisotopic (exact) mass is 500 g/mol. The number of nitrogens with one attached hydrogen (secondary N) is 1. The molecular formula is C18H36N2Na4O8. The van der Waals surface area contributed by atoms with Crippen molar-refractivity contribution in [3.05, 3.63) is 0 Å². The van der Waals surface area contributed by atoms with Gasteiger partial charge in [0.1, 0.15) is 0 Å². The van der Waals surface area contributed by atoms with E-state index in [-0.39, 0.29) is 118 Å². The molecule has 0 saturated heterocycles. The number of nitrogens with two attached hydrogens (primary N) is 1. The largest absolute Gasteiger partial charge is 1.00 e. The normalized spacial score (nSPS) is 7.06. The number of carbonyl (C=O) groups is 4. The van der Waals surface area contributed by atoms with Gasteiger partial charge in [0.2, 0.25) is 0 Å². The standard InChI is InChI=1S/C10H24N2.4C2H4O2.4Na/c1-2-3-4-5-6-7-9-12-10-8-11;4*1-2(3)4;;;;/h12H,2-11H2,1H3;4*1H3,(H,3,4);;;;/q;;;;;4*+1/p-4. The Morgan fingerprint density at radius 2 is 0.844 bits per heavy atom. The van der Waals surface area contributed by atoms with Gasteiger partial charge in [0.05, 0.1) is 0 Å². The molecule has 0 atom stereocenters. The van der Waals surface area contributed by atoms with Gasteiger partial charge < -0.3 is 50.7 Å². The number of hydrogen-bond donors (Lipinski definition) is 2. The van der Waals surface area contributed by atoms with E-state index in [2.05, 4.69) is 12.2 Å². The van der Waals surface area contributed by atoms with Crippen LogP contribution in [-0.2, 0) is 19.2 Å².